The molecule has 0 fully saturated rings. The third kappa shape index (κ3) is 2.09. The SMILES string of the molecule is COC(=O)c1c(C(F)(F)F)nc2c(c1C)C(=O)OC2Cl. The van der Waals surface area contributed by atoms with Gasteiger partial charge in [0.05, 0.1) is 18.2 Å². The van der Waals surface area contributed by atoms with Gasteiger partial charge in [-0.05, 0) is 12.5 Å². The number of halogens is 4. The maximum Gasteiger partial charge on any atom is 0.434 e. The lowest BCUT2D eigenvalue weighted by atomic mass is 10.00. The van der Waals surface area contributed by atoms with E-state index in [0.717, 1.165) is 7.11 Å². The molecule has 0 radical (unpaired) electrons. The standard InChI is InChI=1S/C11H7ClF3NO4/c1-3-4-6(8(12)20-10(4)18)16-7(11(13,14)15)5(3)9(17)19-2/h8H,1-2H3. The van der Waals surface area contributed by atoms with E-state index in [1.165, 1.54) is 6.92 Å². The molecule has 1 unspecified atom stereocenters. The number of aromatic nitrogens is 1. The molecule has 1 aromatic rings. The van der Waals surface area contributed by atoms with Crippen molar-refractivity contribution in [1.82, 2.24) is 4.98 Å². The summed E-state index contributed by atoms with van der Waals surface area (Å²) in [6.45, 7) is 1.18. The van der Waals surface area contributed by atoms with Crippen LogP contribution in [0.5, 0.6) is 0 Å². The molecule has 0 bridgehead atoms. The highest BCUT2D eigenvalue weighted by molar-refractivity contribution is 6.22. The highest BCUT2D eigenvalue weighted by Gasteiger charge is 2.44. The minimum atomic E-state index is -4.90. The fourth-order valence-electron chi connectivity index (χ4n) is 1.91. The van der Waals surface area contributed by atoms with Gasteiger partial charge in [-0.25, -0.2) is 14.6 Å². The van der Waals surface area contributed by atoms with Crippen molar-refractivity contribution >= 4 is 23.5 Å². The molecule has 0 saturated heterocycles. The van der Waals surface area contributed by atoms with Gasteiger partial charge in [0.1, 0.15) is 5.69 Å². The molecule has 108 valence electrons. The number of methoxy groups -OCH3 is 1. The Kier molecular flexibility index (Phi) is 3.37. The van der Waals surface area contributed by atoms with Gasteiger partial charge in [-0.15, -0.1) is 0 Å². The van der Waals surface area contributed by atoms with Crippen molar-refractivity contribution in [1.29, 1.82) is 0 Å². The van der Waals surface area contributed by atoms with E-state index < -0.39 is 34.9 Å². The number of ether oxygens (including phenoxy) is 2. The summed E-state index contributed by atoms with van der Waals surface area (Å²) in [5.41, 5.74) is -4.50. The molecular formula is C11H7ClF3NO4. The number of hydrogen-bond acceptors (Lipinski definition) is 5. The fourth-order valence-corrected chi connectivity index (χ4v) is 2.15. The van der Waals surface area contributed by atoms with Crippen LogP contribution in [0.4, 0.5) is 13.2 Å². The Labute approximate surface area is 115 Å². The number of carbonyl (C=O) groups is 2. The normalized spacial score (nSPS) is 17.7. The van der Waals surface area contributed by atoms with Gasteiger partial charge in [-0.3, -0.25) is 0 Å². The van der Waals surface area contributed by atoms with Gasteiger partial charge in [0.2, 0.25) is 5.56 Å². The lowest BCUT2D eigenvalue weighted by Crippen LogP contribution is -2.20. The highest BCUT2D eigenvalue weighted by atomic mass is 35.5. The quantitative estimate of drug-likeness (QED) is 0.589. The number of pyridine rings is 1. The number of fused-ring (bicyclic) bond motifs is 1. The van der Waals surface area contributed by atoms with Gasteiger partial charge in [0.25, 0.3) is 0 Å². The van der Waals surface area contributed by atoms with E-state index in [0.29, 0.717) is 0 Å². The first kappa shape index (κ1) is 14.6. The van der Waals surface area contributed by atoms with E-state index in [2.05, 4.69) is 14.5 Å². The molecule has 20 heavy (non-hydrogen) atoms. The van der Waals surface area contributed by atoms with E-state index in [4.69, 9.17) is 11.6 Å². The maximum atomic E-state index is 13.0. The molecule has 1 aromatic heterocycles. The van der Waals surface area contributed by atoms with Crippen LogP contribution in [0.1, 0.15) is 43.2 Å². The van der Waals surface area contributed by atoms with Crippen LogP contribution in [0.25, 0.3) is 0 Å². The number of rotatable bonds is 1. The molecule has 1 aliphatic rings. The molecule has 0 spiro atoms. The van der Waals surface area contributed by atoms with Crippen LogP contribution < -0.4 is 0 Å². The topological polar surface area (TPSA) is 65.5 Å². The van der Waals surface area contributed by atoms with Gasteiger partial charge >= 0.3 is 18.1 Å². The van der Waals surface area contributed by atoms with Gasteiger partial charge in [-0.1, -0.05) is 11.6 Å². The number of esters is 2. The van der Waals surface area contributed by atoms with E-state index in [1.54, 1.807) is 0 Å². The van der Waals surface area contributed by atoms with Crippen molar-refractivity contribution in [3.05, 3.63) is 28.1 Å². The summed E-state index contributed by atoms with van der Waals surface area (Å²) in [6, 6.07) is 0. The van der Waals surface area contributed by atoms with Crippen molar-refractivity contribution in [3.63, 3.8) is 0 Å². The van der Waals surface area contributed by atoms with Gasteiger partial charge in [0, 0.05) is 0 Å². The van der Waals surface area contributed by atoms with Crippen molar-refractivity contribution in [2.75, 3.05) is 7.11 Å². The molecule has 9 heteroatoms. The largest absolute Gasteiger partial charge is 0.465 e. The Morgan fingerprint density at radius 1 is 1.45 bits per heavy atom. The zero-order valence-electron chi connectivity index (χ0n) is 10.2. The predicted octanol–water partition coefficient (Wildman–Crippen LogP) is 2.60. The zero-order chi connectivity index (χ0) is 15.2. The molecule has 1 atom stereocenters. The van der Waals surface area contributed by atoms with Crippen LogP contribution in [0, 0.1) is 6.92 Å². The number of alkyl halides is 4. The van der Waals surface area contributed by atoms with Gasteiger partial charge in [-0.2, -0.15) is 13.2 Å². The van der Waals surface area contributed by atoms with Crippen molar-refractivity contribution in [3.8, 4) is 0 Å². The molecule has 0 N–H and O–H groups in total. The van der Waals surface area contributed by atoms with E-state index >= 15 is 0 Å². The van der Waals surface area contributed by atoms with Crippen LogP contribution in [0.3, 0.4) is 0 Å². The predicted molar refractivity (Wildman–Crippen MR) is 59.3 cm³/mol. The van der Waals surface area contributed by atoms with Crippen molar-refractivity contribution in [2.45, 2.75) is 18.7 Å². The second-order valence-corrected chi connectivity index (χ2v) is 4.33. The molecule has 2 rings (SSSR count). The Hall–Kier alpha value is -1.83. The first-order valence-electron chi connectivity index (χ1n) is 5.23. The summed E-state index contributed by atoms with van der Waals surface area (Å²) in [7, 11) is 0.928. The summed E-state index contributed by atoms with van der Waals surface area (Å²) in [4.78, 5) is 26.4. The van der Waals surface area contributed by atoms with Crippen LogP contribution >= 0.6 is 11.6 Å². The Balaban J connectivity index is 2.83. The van der Waals surface area contributed by atoms with Gasteiger partial charge in [0.15, 0.2) is 5.69 Å². The molecule has 5 nitrogen and oxygen atoms in total. The third-order valence-corrected chi connectivity index (χ3v) is 3.06. The first-order chi connectivity index (χ1) is 9.18. The van der Waals surface area contributed by atoms with Crippen LogP contribution in [-0.2, 0) is 15.7 Å². The van der Waals surface area contributed by atoms with E-state index in [1.807, 2.05) is 0 Å². The molecule has 0 amide bonds. The number of carbonyl (C=O) groups excluding carboxylic acids is 2. The minimum absolute atomic E-state index is 0.220. The lowest BCUT2D eigenvalue weighted by Gasteiger charge is -2.14. The van der Waals surface area contributed by atoms with E-state index in [-0.39, 0.29) is 16.8 Å². The summed E-state index contributed by atoms with van der Waals surface area (Å²) in [5, 5.41) is 0. The minimum Gasteiger partial charge on any atom is -0.465 e. The summed E-state index contributed by atoms with van der Waals surface area (Å²) in [5.74, 6) is -2.17. The monoisotopic (exact) mass is 309 g/mol. The number of cyclic esters (lactones) is 1. The molecule has 1 aliphatic heterocycles. The lowest BCUT2D eigenvalue weighted by molar-refractivity contribution is -0.141. The average molecular weight is 310 g/mol. The smallest absolute Gasteiger partial charge is 0.434 e. The number of hydrogen-bond donors (Lipinski definition) is 0. The fraction of sp³-hybridized carbons (Fsp3) is 0.364. The third-order valence-electron chi connectivity index (χ3n) is 2.76. The summed E-state index contributed by atoms with van der Waals surface area (Å²) < 4.78 is 47.8. The van der Waals surface area contributed by atoms with Crippen molar-refractivity contribution < 1.29 is 32.2 Å². The second-order valence-electron chi connectivity index (χ2n) is 3.93. The van der Waals surface area contributed by atoms with Crippen LogP contribution in [-0.4, -0.2) is 24.0 Å². The molecular weight excluding hydrogens is 303 g/mol. The second kappa shape index (κ2) is 4.62. The summed E-state index contributed by atoms with van der Waals surface area (Å²) in [6.07, 6.45) is -4.90. The number of nitrogens with zero attached hydrogens (tertiary/aromatic N) is 1. The molecule has 0 aromatic carbocycles. The zero-order valence-corrected chi connectivity index (χ0v) is 10.9. The Morgan fingerprint density at radius 2 is 2.05 bits per heavy atom. The van der Waals surface area contributed by atoms with Crippen molar-refractivity contribution in [2.24, 2.45) is 0 Å². The van der Waals surface area contributed by atoms with Crippen LogP contribution in [0.15, 0.2) is 0 Å². The summed E-state index contributed by atoms with van der Waals surface area (Å²) >= 11 is 5.61. The first-order valence-corrected chi connectivity index (χ1v) is 5.67. The maximum absolute atomic E-state index is 13.0. The van der Waals surface area contributed by atoms with Gasteiger partial charge < -0.3 is 9.47 Å². The van der Waals surface area contributed by atoms with Crippen LogP contribution in [0.2, 0.25) is 0 Å². The molecule has 2 heterocycles. The molecule has 0 aliphatic carbocycles. The average Bonchev–Trinajstić information content (AvgIpc) is 2.62. The molecule has 0 saturated carbocycles. The Morgan fingerprint density at radius 3 is 2.55 bits per heavy atom. The Bertz CT molecular complexity index is 615. The highest BCUT2D eigenvalue weighted by Crippen LogP contribution is 2.40. The van der Waals surface area contributed by atoms with E-state index in [9.17, 15) is 22.8 Å².